The van der Waals surface area contributed by atoms with E-state index in [2.05, 4.69) is 16.8 Å². The fourth-order valence-corrected chi connectivity index (χ4v) is 1.18. The van der Waals surface area contributed by atoms with E-state index in [4.69, 9.17) is 21.0 Å². The van der Waals surface area contributed by atoms with Crippen molar-refractivity contribution in [2.45, 2.75) is 0 Å². The third kappa shape index (κ3) is 5.70. The molecule has 0 aromatic carbocycles. The van der Waals surface area contributed by atoms with Gasteiger partial charge in [-0.25, -0.2) is 0 Å². The summed E-state index contributed by atoms with van der Waals surface area (Å²) in [5, 5.41) is 0. The van der Waals surface area contributed by atoms with Crippen LogP contribution in [-0.4, -0.2) is 48.3 Å². The van der Waals surface area contributed by atoms with E-state index < -0.39 is 0 Å². The number of hydrogen-bond donors (Lipinski definition) is 1. The van der Waals surface area contributed by atoms with Gasteiger partial charge >= 0.3 is 0 Å². The lowest BCUT2D eigenvalue weighted by Crippen LogP contribution is -2.37. The van der Waals surface area contributed by atoms with Crippen LogP contribution in [0.1, 0.15) is 0 Å². The molecular weight excluding hydrogens is 189 g/mol. The molecule has 1 heterocycles. The lowest BCUT2D eigenvalue weighted by Gasteiger charge is -2.25. The molecule has 5 heteroatoms. The van der Waals surface area contributed by atoms with Crippen LogP contribution in [0.2, 0.25) is 0 Å². The van der Waals surface area contributed by atoms with Crippen LogP contribution in [0.15, 0.2) is 0 Å². The SMILES string of the molecule is ClCCN1CCOCC1.OCl. The zero-order chi connectivity index (χ0) is 8.53. The summed E-state index contributed by atoms with van der Waals surface area (Å²) in [5.41, 5.74) is 0. The van der Waals surface area contributed by atoms with E-state index in [0.29, 0.717) is 0 Å². The van der Waals surface area contributed by atoms with Gasteiger partial charge in [-0.1, -0.05) is 0 Å². The number of alkyl halides is 1. The molecule has 1 rings (SSSR count). The first kappa shape index (κ1) is 11.5. The van der Waals surface area contributed by atoms with Crippen LogP contribution in [0, 0.1) is 0 Å². The normalized spacial score (nSPS) is 18.8. The van der Waals surface area contributed by atoms with Crippen molar-refractivity contribution in [1.82, 2.24) is 4.90 Å². The first-order valence-corrected chi connectivity index (χ1v) is 4.33. The van der Waals surface area contributed by atoms with E-state index in [1.165, 1.54) is 0 Å². The summed E-state index contributed by atoms with van der Waals surface area (Å²) < 4.78 is 11.6. The number of morpholine rings is 1. The van der Waals surface area contributed by atoms with E-state index >= 15 is 0 Å². The van der Waals surface area contributed by atoms with E-state index in [1.807, 2.05) is 0 Å². The molecule has 0 saturated carbocycles. The zero-order valence-electron chi connectivity index (χ0n) is 6.30. The Hall–Kier alpha value is 0.460. The first-order valence-electron chi connectivity index (χ1n) is 3.46. The molecule has 1 aliphatic rings. The van der Waals surface area contributed by atoms with Gasteiger partial charge < -0.3 is 4.74 Å². The number of hydrogen-bond acceptors (Lipinski definition) is 3. The summed E-state index contributed by atoms with van der Waals surface area (Å²) in [6.07, 6.45) is 0. The van der Waals surface area contributed by atoms with E-state index in [-0.39, 0.29) is 0 Å². The maximum absolute atomic E-state index is 6.47. The molecule has 3 nitrogen and oxygen atoms in total. The quantitative estimate of drug-likeness (QED) is 0.668. The Balaban J connectivity index is 0.000000461. The second-order valence-electron chi connectivity index (χ2n) is 2.14. The molecule has 11 heavy (non-hydrogen) atoms. The molecule has 0 amide bonds. The highest BCUT2D eigenvalue weighted by molar-refractivity contribution is 6.18. The highest BCUT2D eigenvalue weighted by Gasteiger charge is 2.07. The third-order valence-corrected chi connectivity index (χ3v) is 1.67. The van der Waals surface area contributed by atoms with Gasteiger partial charge in [-0.05, 0) is 0 Å². The molecule has 0 radical (unpaired) electrons. The van der Waals surface area contributed by atoms with Gasteiger partial charge in [0.05, 0.1) is 25.1 Å². The lowest BCUT2D eigenvalue weighted by atomic mass is 10.4. The number of rotatable bonds is 2. The van der Waals surface area contributed by atoms with E-state index in [1.54, 1.807) is 0 Å². The fraction of sp³-hybridized carbons (Fsp3) is 1.00. The largest absolute Gasteiger partial charge is 0.379 e. The van der Waals surface area contributed by atoms with Gasteiger partial charge in [0.2, 0.25) is 0 Å². The van der Waals surface area contributed by atoms with E-state index in [0.717, 1.165) is 38.7 Å². The number of halogens is 2. The van der Waals surface area contributed by atoms with Crippen molar-refractivity contribution < 1.29 is 9.40 Å². The minimum atomic E-state index is 0.736. The molecule has 0 spiro atoms. The minimum Gasteiger partial charge on any atom is -0.379 e. The van der Waals surface area contributed by atoms with Crippen molar-refractivity contribution in [3.05, 3.63) is 0 Å². The van der Waals surface area contributed by atoms with Crippen molar-refractivity contribution in [2.75, 3.05) is 38.7 Å². The fourth-order valence-electron chi connectivity index (χ4n) is 0.944. The summed E-state index contributed by atoms with van der Waals surface area (Å²) in [7, 11) is 0. The Morgan fingerprint density at radius 1 is 1.27 bits per heavy atom. The predicted molar refractivity (Wildman–Crippen MR) is 46.1 cm³/mol. The van der Waals surface area contributed by atoms with Gasteiger partial charge in [-0.2, -0.15) is 0 Å². The smallest absolute Gasteiger partial charge is 0.0594 e. The van der Waals surface area contributed by atoms with Crippen LogP contribution in [0.3, 0.4) is 0 Å². The average Bonchev–Trinajstić information content (AvgIpc) is 2.11. The van der Waals surface area contributed by atoms with E-state index in [9.17, 15) is 0 Å². The van der Waals surface area contributed by atoms with Crippen LogP contribution < -0.4 is 0 Å². The van der Waals surface area contributed by atoms with Crippen molar-refractivity contribution in [2.24, 2.45) is 0 Å². The Labute approximate surface area is 77.0 Å². The Morgan fingerprint density at radius 2 is 1.82 bits per heavy atom. The molecule has 0 aliphatic carbocycles. The van der Waals surface area contributed by atoms with Gasteiger partial charge in [0.25, 0.3) is 0 Å². The summed E-state index contributed by atoms with van der Waals surface area (Å²) in [4.78, 5) is 2.32. The molecule has 0 atom stereocenters. The molecule has 1 aliphatic heterocycles. The molecule has 68 valence electrons. The van der Waals surface area contributed by atoms with Crippen molar-refractivity contribution in [3.63, 3.8) is 0 Å². The second-order valence-corrected chi connectivity index (χ2v) is 2.52. The molecular formula is C6H13Cl2NO2. The molecule has 1 saturated heterocycles. The van der Waals surface area contributed by atoms with Gasteiger partial charge in [0.1, 0.15) is 0 Å². The summed E-state index contributed by atoms with van der Waals surface area (Å²) in [6, 6.07) is 0. The van der Waals surface area contributed by atoms with Crippen molar-refractivity contribution >= 4 is 23.5 Å². The maximum Gasteiger partial charge on any atom is 0.0594 e. The topological polar surface area (TPSA) is 32.7 Å². The average molecular weight is 202 g/mol. The van der Waals surface area contributed by atoms with Crippen molar-refractivity contribution in [1.29, 1.82) is 0 Å². The molecule has 0 aromatic rings. The standard InChI is InChI=1S/C6H12ClNO.ClHO/c7-1-2-8-3-5-9-6-4-8;1-2/h1-6H2;2H. The van der Waals surface area contributed by atoms with Crippen LogP contribution in [0.25, 0.3) is 0 Å². The van der Waals surface area contributed by atoms with Crippen LogP contribution in [0.5, 0.6) is 0 Å². The summed E-state index contributed by atoms with van der Waals surface area (Å²) in [5.74, 6) is 0.736. The highest BCUT2D eigenvalue weighted by Crippen LogP contribution is 1.95. The number of ether oxygens (including phenoxy) is 1. The molecule has 1 fully saturated rings. The third-order valence-electron chi connectivity index (χ3n) is 1.50. The Bertz CT molecular complexity index is 76.2. The minimum absolute atomic E-state index is 0.736. The molecule has 0 aromatic heterocycles. The highest BCUT2D eigenvalue weighted by atomic mass is 35.5. The Morgan fingerprint density at radius 3 is 2.27 bits per heavy atom. The molecule has 0 bridgehead atoms. The molecule has 1 N–H and O–H groups in total. The van der Waals surface area contributed by atoms with Crippen LogP contribution >= 0.6 is 23.5 Å². The summed E-state index contributed by atoms with van der Waals surface area (Å²) >= 11 is 9.19. The maximum atomic E-state index is 6.47. The van der Waals surface area contributed by atoms with Gasteiger partial charge in [-0.3, -0.25) is 9.56 Å². The second kappa shape index (κ2) is 8.56. The van der Waals surface area contributed by atoms with Crippen molar-refractivity contribution in [3.8, 4) is 0 Å². The van der Waals surface area contributed by atoms with Gasteiger partial charge in [0.15, 0.2) is 0 Å². The monoisotopic (exact) mass is 201 g/mol. The first-order chi connectivity index (χ1) is 5.43. The molecule has 0 unspecified atom stereocenters. The lowest BCUT2D eigenvalue weighted by molar-refractivity contribution is 0.0408. The predicted octanol–water partition coefficient (Wildman–Crippen LogP) is 0.690. The Kier molecular flexibility index (Phi) is 8.91. The zero-order valence-corrected chi connectivity index (χ0v) is 7.81. The number of nitrogens with zero attached hydrogens (tertiary/aromatic N) is 1. The van der Waals surface area contributed by atoms with Crippen LogP contribution in [-0.2, 0) is 4.74 Å². The van der Waals surface area contributed by atoms with Crippen LogP contribution in [0.4, 0.5) is 0 Å². The van der Waals surface area contributed by atoms with Gasteiger partial charge in [-0.15, -0.1) is 11.6 Å². The van der Waals surface area contributed by atoms with Gasteiger partial charge in [0, 0.05) is 25.5 Å². The summed E-state index contributed by atoms with van der Waals surface area (Å²) in [6.45, 7) is 4.85.